The van der Waals surface area contributed by atoms with Gasteiger partial charge in [-0.2, -0.15) is 0 Å². The highest BCUT2D eigenvalue weighted by atomic mass is 79.9. The van der Waals surface area contributed by atoms with Crippen LogP contribution in [0.15, 0.2) is 34.1 Å². The molecule has 0 aliphatic carbocycles. The summed E-state index contributed by atoms with van der Waals surface area (Å²) in [5.74, 6) is 0. The summed E-state index contributed by atoms with van der Waals surface area (Å²) in [4.78, 5) is 4.45. The van der Waals surface area contributed by atoms with E-state index < -0.39 is 0 Å². The van der Waals surface area contributed by atoms with Crippen molar-refractivity contribution >= 4 is 27.3 Å². The summed E-state index contributed by atoms with van der Waals surface area (Å²) >= 11 is 5.02. The Bertz CT molecular complexity index is 455. The van der Waals surface area contributed by atoms with Gasteiger partial charge in [-0.05, 0) is 12.1 Å². The lowest BCUT2D eigenvalue weighted by Crippen LogP contribution is -1.89. The number of aliphatic hydroxyl groups is 1. The number of aliphatic hydroxyl groups excluding tert-OH is 1. The van der Waals surface area contributed by atoms with Crippen LogP contribution in [0, 0.1) is 0 Å². The number of hydrogen-bond donors (Lipinski definition) is 1. The third-order valence-electron chi connectivity index (χ3n) is 2.00. The molecule has 0 spiro atoms. The van der Waals surface area contributed by atoms with E-state index in [1.165, 1.54) is 0 Å². The van der Waals surface area contributed by atoms with Crippen molar-refractivity contribution < 1.29 is 5.11 Å². The monoisotopic (exact) mass is 283 g/mol. The number of nitrogens with zero attached hydrogens (tertiary/aromatic N) is 1. The smallest absolute Gasteiger partial charge is 0.0955 e. The molecule has 4 heteroatoms. The number of hydrogen-bond acceptors (Lipinski definition) is 3. The average molecular weight is 284 g/mol. The quantitative estimate of drug-likeness (QED) is 0.939. The molecule has 0 aliphatic rings. The maximum Gasteiger partial charge on any atom is 0.0955 e. The van der Waals surface area contributed by atoms with Gasteiger partial charge in [-0.3, -0.25) is 0 Å². The predicted molar refractivity (Wildman–Crippen MR) is 66.0 cm³/mol. The zero-order chi connectivity index (χ0) is 10.7. The summed E-state index contributed by atoms with van der Waals surface area (Å²) in [5.41, 5.74) is 2.08. The number of rotatable bonds is 3. The molecular weight excluding hydrogens is 274 g/mol. The molecule has 0 bridgehead atoms. The Hall–Kier alpha value is -0.710. The Kier molecular flexibility index (Phi) is 3.51. The normalized spacial score (nSPS) is 10.5. The molecule has 2 aromatic rings. The van der Waals surface area contributed by atoms with Gasteiger partial charge in [0.05, 0.1) is 10.7 Å². The summed E-state index contributed by atoms with van der Waals surface area (Å²) in [5, 5.41) is 11.8. The first-order valence-corrected chi connectivity index (χ1v) is 6.28. The van der Waals surface area contributed by atoms with Gasteiger partial charge in [0.25, 0.3) is 0 Å². The standard InChI is InChI=1S/C11H10BrNOS/c12-9-3-1-2-8(6-9)10-7-15-11(13-10)4-5-14/h1-3,6-7,14H,4-5H2. The first-order chi connectivity index (χ1) is 7.29. The fourth-order valence-corrected chi connectivity index (χ4v) is 2.50. The molecule has 2 nitrogen and oxygen atoms in total. The summed E-state index contributed by atoms with van der Waals surface area (Å²) in [7, 11) is 0. The minimum Gasteiger partial charge on any atom is -0.396 e. The fourth-order valence-electron chi connectivity index (χ4n) is 1.30. The van der Waals surface area contributed by atoms with Crippen molar-refractivity contribution in [1.82, 2.24) is 4.98 Å². The van der Waals surface area contributed by atoms with Crippen LogP contribution in [0.4, 0.5) is 0 Å². The van der Waals surface area contributed by atoms with Gasteiger partial charge in [-0.15, -0.1) is 11.3 Å². The molecule has 0 radical (unpaired) electrons. The van der Waals surface area contributed by atoms with Crippen LogP contribution in [0.1, 0.15) is 5.01 Å². The third-order valence-corrected chi connectivity index (χ3v) is 3.40. The van der Waals surface area contributed by atoms with Crippen LogP contribution in [-0.4, -0.2) is 16.7 Å². The molecular formula is C11H10BrNOS. The predicted octanol–water partition coefficient (Wildman–Crippen LogP) is 3.11. The number of halogens is 1. The molecule has 2 rings (SSSR count). The molecule has 1 heterocycles. The van der Waals surface area contributed by atoms with Crippen LogP contribution in [0.25, 0.3) is 11.3 Å². The molecule has 0 amide bonds. The minimum absolute atomic E-state index is 0.158. The van der Waals surface area contributed by atoms with Gasteiger partial charge in [0.15, 0.2) is 0 Å². The van der Waals surface area contributed by atoms with Crippen LogP contribution in [-0.2, 0) is 6.42 Å². The maximum absolute atomic E-state index is 8.80. The van der Waals surface area contributed by atoms with E-state index in [0.717, 1.165) is 20.7 Å². The van der Waals surface area contributed by atoms with Crippen LogP contribution in [0.3, 0.4) is 0 Å². The number of thiazole rings is 1. The molecule has 1 N–H and O–H groups in total. The Morgan fingerprint density at radius 1 is 1.40 bits per heavy atom. The minimum atomic E-state index is 0.158. The second kappa shape index (κ2) is 4.88. The molecule has 1 aromatic heterocycles. The van der Waals surface area contributed by atoms with Crippen molar-refractivity contribution in [2.24, 2.45) is 0 Å². The van der Waals surface area contributed by atoms with Crippen molar-refractivity contribution in [2.45, 2.75) is 6.42 Å². The third kappa shape index (κ3) is 2.65. The van der Waals surface area contributed by atoms with E-state index in [-0.39, 0.29) is 6.61 Å². The zero-order valence-electron chi connectivity index (χ0n) is 7.98. The topological polar surface area (TPSA) is 33.1 Å². The second-order valence-corrected chi connectivity index (χ2v) is 4.97. The first kappa shape index (κ1) is 10.8. The average Bonchev–Trinajstić information content (AvgIpc) is 2.67. The van der Waals surface area contributed by atoms with Gasteiger partial charge in [0.2, 0.25) is 0 Å². The Morgan fingerprint density at radius 2 is 2.27 bits per heavy atom. The lowest BCUT2D eigenvalue weighted by atomic mass is 10.2. The summed E-state index contributed by atoms with van der Waals surface area (Å²) in [6, 6.07) is 8.05. The van der Waals surface area contributed by atoms with Crippen molar-refractivity contribution in [2.75, 3.05) is 6.61 Å². The number of benzene rings is 1. The van der Waals surface area contributed by atoms with Crippen LogP contribution >= 0.6 is 27.3 Å². The largest absolute Gasteiger partial charge is 0.396 e. The highest BCUT2D eigenvalue weighted by Gasteiger charge is 2.04. The van der Waals surface area contributed by atoms with Crippen LogP contribution in [0.5, 0.6) is 0 Å². The molecule has 0 saturated carbocycles. The summed E-state index contributed by atoms with van der Waals surface area (Å²) in [6.07, 6.45) is 0.638. The molecule has 0 atom stereocenters. The summed E-state index contributed by atoms with van der Waals surface area (Å²) in [6.45, 7) is 0.158. The Morgan fingerprint density at radius 3 is 3.00 bits per heavy atom. The van der Waals surface area contributed by atoms with Crippen LogP contribution < -0.4 is 0 Å². The van der Waals surface area contributed by atoms with E-state index in [9.17, 15) is 0 Å². The van der Waals surface area contributed by atoms with Crippen molar-refractivity contribution in [3.8, 4) is 11.3 Å². The highest BCUT2D eigenvalue weighted by Crippen LogP contribution is 2.24. The van der Waals surface area contributed by atoms with Crippen molar-refractivity contribution in [3.05, 3.63) is 39.1 Å². The molecule has 1 aromatic carbocycles. The van der Waals surface area contributed by atoms with Gasteiger partial charge >= 0.3 is 0 Å². The molecule has 0 unspecified atom stereocenters. The van der Waals surface area contributed by atoms with E-state index in [1.807, 2.05) is 29.6 Å². The highest BCUT2D eigenvalue weighted by molar-refractivity contribution is 9.10. The Labute approximate surface area is 101 Å². The van der Waals surface area contributed by atoms with E-state index in [0.29, 0.717) is 6.42 Å². The summed E-state index contributed by atoms with van der Waals surface area (Å²) < 4.78 is 1.05. The molecule has 15 heavy (non-hydrogen) atoms. The Balaban J connectivity index is 2.29. The van der Waals surface area contributed by atoms with E-state index in [1.54, 1.807) is 11.3 Å². The van der Waals surface area contributed by atoms with Crippen molar-refractivity contribution in [3.63, 3.8) is 0 Å². The van der Waals surface area contributed by atoms with Gasteiger partial charge in [0.1, 0.15) is 0 Å². The lowest BCUT2D eigenvalue weighted by Gasteiger charge is -1.96. The fraction of sp³-hybridized carbons (Fsp3) is 0.182. The maximum atomic E-state index is 8.80. The molecule has 0 saturated heterocycles. The number of aromatic nitrogens is 1. The van der Waals surface area contributed by atoms with Crippen LogP contribution in [0.2, 0.25) is 0 Å². The van der Waals surface area contributed by atoms with Gasteiger partial charge in [-0.1, -0.05) is 28.1 Å². The van der Waals surface area contributed by atoms with Gasteiger partial charge < -0.3 is 5.11 Å². The van der Waals surface area contributed by atoms with Gasteiger partial charge in [0, 0.05) is 28.4 Å². The molecule has 0 fully saturated rings. The van der Waals surface area contributed by atoms with E-state index >= 15 is 0 Å². The van der Waals surface area contributed by atoms with E-state index in [2.05, 4.69) is 20.9 Å². The van der Waals surface area contributed by atoms with Gasteiger partial charge in [-0.25, -0.2) is 4.98 Å². The first-order valence-electron chi connectivity index (χ1n) is 4.61. The second-order valence-electron chi connectivity index (χ2n) is 3.11. The molecule has 0 aliphatic heterocycles. The lowest BCUT2D eigenvalue weighted by molar-refractivity contribution is 0.299. The van der Waals surface area contributed by atoms with Crippen molar-refractivity contribution in [1.29, 1.82) is 0 Å². The van der Waals surface area contributed by atoms with E-state index in [4.69, 9.17) is 5.11 Å². The zero-order valence-corrected chi connectivity index (χ0v) is 10.4. The molecule has 78 valence electrons. The SMILES string of the molecule is OCCc1nc(-c2cccc(Br)c2)cs1.